The van der Waals surface area contributed by atoms with Crippen LogP contribution < -0.4 is 4.72 Å². The van der Waals surface area contributed by atoms with Crippen LogP contribution in [0.2, 0.25) is 0 Å². The molecule has 0 fully saturated rings. The zero-order chi connectivity index (χ0) is 15.6. The molecule has 0 unspecified atom stereocenters. The first kappa shape index (κ1) is 15.0. The van der Waals surface area contributed by atoms with Crippen molar-refractivity contribution in [1.29, 1.82) is 0 Å². The summed E-state index contributed by atoms with van der Waals surface area (Å²) in [6.45, 7) is 3.40. The van der Waals surface area contributed by atoms with Crippen molar-refractivity contribution in [3.8, 4) is 0 Å². The number of hydrogen-bond acceptors (Lipinski definition) is 5. The Morgan fingerprint density at radius 3 is 2.57 bits per heavy atom. The van der Waals surface area contributed by atoms with Crippen LogP contribution in [0.3, 0.4) is 0 Å². The van der Waals surface area contributed by atoms with Crippen molar-refractivity contribution in [1.82, 2.24) is 10.2 Å². The fourth-order valence-corrected chi connectivity index (χ4v) is 3.06. The third-order valence-corrected chi connectivity index (χ3v) is 4.34. The van der Waals surface area contributed by atoms with E-state index in [9.17, 15) is 13.2 Å². The molecule has 1 heterocycles. The second-order valence-electron chi connectivity index (χ2n) is 4.51. The molecule has 2 aromatic rings. The molecule has 7 nitrogen and oxygen atoms in total. The summed E-state index contributed by atoms with van der Waals surface area (Å²) >= 11 is 0. The summed E-state index contributed by atoms with van der Waals surface area (Å²) in [6.07, 6.45) is 0. The van der Waals surface area contributed by atoms with Crippen LogP contribution in [0.4, 0.5) is 5.82 Å². The highest BCUT2D eigenvalue weighted by Crippen LogP contribution is 2.20. The number of nitrogens with one attached hydrogen (secondary N) is 2. The number of hydrogen-bond donors (Lipinski definition) is 2. The molecule has 8 heteroatoms. The average molecular weight is 309 g/mol. The van der Waals surface area contributed by atoms with Gasteiger partial charge in [-0.3, -0.25) is 9.82 Å². The predicted octanol–water partition coefficient (Wildman–Crippen LogP) is 1.61. The van der Waals surface area contributed by atoms with Crippen LogP contribution in [0.25, 0.3) is 0 Å². The maximum Gasteiger partial charge on any atom is 0.337 e. The maximum atomic E-state index is 12.4. The minimum atomic E-state index is -3.84. The minimum Gasteiger partial charge on any atom is -0.465 e. The summed E-state index contributed by atoms with van der Waals surface area (Å²) < 4.78 is 31.7. The van der Waals surface area contributed by atoms with Gasteiger partial charge >= 0.3 is 5.97 Å². The fourth-order valence-electron chi connectivity index (χ4n) is 1.80. The lowest BCUT2D eigenvalue weighted by Crippen LogP contribution is -2.15. The van der Waals surface area contributed by atoms with Gasteiger partial charge in [-0.05, 0) is 31.5 Å². The number of H-pyrrole nitrogens is 1. The predicted molar refractivity (Wildman–Crippen MR) is 76.7 cm³/mol. The number of benzene rings is 1. The average Bonchev–Trinajstić information content (AvgIpc) is 2.82. The van der Waals surface area contributed by atoms with E-state index < -0.39 is 16.0 Å². The van der Waals surface area contributed by atoms with Crippen LogP contribution in [0.1, 0.15) is 21.6 Å². The molecule has 2 rings (SSSR count). The van der Waals surface area contributed by atoms with E-state index in [-0.39, 0.29) is 16.3 Å². The Balaban J connectivity index is 2.41. The highest BCUT2D eigenvalue weighted by molar-refractivity contribution is 7.92. The molecule has 0 atom stereocenters. The van der Waals surface area contributed by atoms with Gasteiger partial charge in [-0.25, -0.2) is 13.2 Å². The molecule has 0 radical (unpaired) electrons. The quantitative estimate of drug-likeness (QED) is 0.836. The highest BCUT2D eigenvalue weighted by atomic mass is 32.2. The standard InChI is InChI=1S/C13H15N3O4S/c1-8-4-5-10(13(17)20-3)7-11(8)21(18,19)16-12-6-9(2)14-15-12/h4-7H,1-3H3,(H2,14,15,16). The van der Waals surface area contributed by atoms with E-state index in [1.165, 1.54) is 19.2 Å². The van der Waals surface area contributed by atoms with E-state index >= 15 is 0 Å². The highest BCUT2D eigenvalue weighted by Gasteiger charge is 2.20. The summed E-state index contributed by atoms with van der Waals surface area (Å²) in [5.74, 6) is -0.405. The normalized spacial score (nSPS) is 11.2. The number of aromatic amines is 1. The molecule has 1 aromatic carbocycles. The molecule has 0 aliphatic rings. The lowest BCUT2D eigenvalue weighted by atomic mass is 10.1. The van der Waals surface area contributed by atoms with Crippen molar-refractivity contribution in [2.45, 2.75) is 18.7 Å². The zero-order valence-electron chi connectivity index (χ0n) is 11.8. The summed E-state index contributed by atoms with van der Waals surface area (Å²) in [5.41, 5.74) is 1.41. The zero-order valence-corrected chi connectivity index (χ0v) is 12.6. The van der Waals surface area contributed by atoms with Crippen molar-refractivity contribution in [3.63, 3.8) is 0 Å². The molecule has 0 bridgehead atoms. The monoisotopic (exact) mass is 309 g/mol. The molecule has 0 saturated heterocycles. The minimum absolute atomic E-state index is 0.00560. The smallest absolute Gasteiger partial charge is 0.337 e. The van der Waals surface area contributed by atoms with Gasteiger partial charge in [-0.15, -0.1) is 0 Å². The number of rotatable bonds is 4. The van der Waals surface area contributed by atoms with E-state index in [0.29, 0.717) is 5.56 Å². The van der Waals surface area contributed by atoms with Crippen LogP contribution in [0.5, 0.6) is 0 Å². The van der Waals surface area contributed by atoms with Gasteiger partial charge in [0.2, 0.25) is 0 Å². The number of aryl methyl sites for hydroxylation is 2. The van der Waals surface area contributed by atoms with Crippen molar-refractivity contribution >= 4 is 21.8 Å². The number of aromatic nitrogens is 2. The molecule has 112 valence electrons. The van der Waals surface area contributed by atoms with Crippen molar-refractivity contribution in [3.05, 3.63) is 41.1 Å². The summed E-state index contributed by atoms with van der Waals surface area (Å²) in [5, 5.41) is 6.47. The third-order valence-electron chi connectivity index (χ3n) is 2.84. The molecule has 0 spiro atoms. The lowest BCUT2D eigenvalue weighted by Gasteiger charge is -2.09. The van der Waals surface area contributed by atoms with Crippen molar-refractivity contribution < 1.29 is 17.9 Å². The van der Waals surface area contributed by atoms with E-state index in [0.717, 1.165) is 5.69 Å². The Morgan fingerprint density at radius 2 is 2.00 bits per heavy atom. The van der Waals surface area contributed by atoms with Gasteiger partial charge < -0.3 is 4.74 Å². The Morgan fingerprint density at radius 1 is 1.29 bits per heavy atom. The van der Waals surface area contributed by atoms with Gasteiger partial charge in [0.05, 0.1) is 17.6 Å². The van der Waals surface area contributed by atoms with E-state index in [1.807, 2.05) is 0 Å². The lowest BCUT2D eigenvalue weighted by molar-refractivity contribution is 0.0600. The number of methoxy groups -OCH3 is 1. The SMILES string of the molecule is COC(=O)c1ccc(C)c(S(=O)(=O)Nc2cc(C)[nH]n2)c1. The van der Waals surface area contributed by atoms with E-state index in [2.05, 4.69) is 19.7 Å². The van der Waals surface area contributed by atoms with Gasteiger partial charge in [-0.1, -0.05) is 6.07 Å². The number of ether oxygens (including phenoxy) is 1. The number of nitrogens with zero attached hydrogens (tertiary/aromatic N) is 1. The largest absolute Gasteiger partial charge is 0.465 e. The molecule has 0 amide bonds. The first-order valence-electron chi connectivity index (χ1n) is 6.07. The third kappa shape index (κ3) is 3.22. The van der Waals surface area contributed by atoms with Crippen molar-refractivity contribution in [2.24, 2.45) is 0 Å². The van der Waals surface area contributed by atoms with Gasteiger partial charge in [0.15, 0.2) is 5.82 Å². The topological polar surface area (TPSA) is 101 Å². The van der Waals surface area contributed by atoms with Crippen LogP contribution >= 0.6 is 0 Å². The van der Waals surface area contributed by atoms with Crippen LogP contribution in [0, 0.1) is 13.8 Å². The second kappa shape index (κ2) is 5.57. The molecule has 0 aliphatic heterocycles. The molecular weight excluding hydrogens is 294 g/mol. The first-order chi connectivity index (χ1) is 9.83. The molecule has 0 aliphatic carbocycles. The molecular formula is C13H15N3O4S. The van der Waals surface area contributed by atoms with Gasteiger partial charge in [0.1, 0.15) is 0 Å². The second-order valence-corrected chi connectivity index (χ2v) is 6.16. The van der Waals surface area contributed by atoms with Crippen LogP contribution in [-0.4, -0.2) is 31.7 Å². The van der Waals surface area contributed by atoms with E-state index in [4.69, 9.17) is 0 Å². The molecule has 21 heavy (non-hydrogen) atoms. The van der Waals surface area contributed by atoms with Crippen molar-refractivity contribution in [2.75, 3.05) is 11.8 Å². The summed E-state index contributed by atoms with van der Waals surface area (Å²) in [4.78, 5) is 11.5. The van der Waals surface area contributed by atoms with Gasteiger partial charge in [0.25, 0.3) is 10.0 Å². The number of carbonyl (C=O) groups excluding carboxylic acids is 1. The molecule has 2 N–H and O–H groups in total. The Hall–Kier alpha value is -2.35. The number of carbonyl (C=O) groups is 1. The van der Waals surface area contributed by atoms with Gasteiger partial charge in [-0.2, -0.15) is 5.10 Å². The number of sulfonamides is 1. The Bertz CT molecular complexity index is 780. The number of esters is 1. The molecule has 0 saturated carbocycles. The summed E-state index contributed by atoms with van der Waals surface area (Å²) in [7, 11) is -2.60. The van der Waals surface area contributed by atoms with E-state index in [1.54, 1.807) is 26.0 Å². The summed E-state index contributed by atoms with van der Waals surface area (Å²) in [6, 6.07) is 5.91. The first-order valence-corrected chi connectivity index (χ1v) is 7.55. The van der Waals surface area contributed by atoms with Gasteiger partial charge in [0, 0.05) is 11.8 Å². The van der Waals surface area contributed by atoms with Crippen LogP contribution in [-0.2, 0) is 14.8 Å². The van der Waals surface area contributed by atoms with Crippen LogP contribution in [0.15, 0.2) is 29.2 Å². The molecule has 1 aromatic heterocycles. The number of anilines is 1. The maximum absolute atomic E-state index is 12.4. The Labute approximate surface area is 122 Å². The fraction of sp³-hybridized carbons (Fsp3) is 0.231. The Kier molecular flexibility index (Phi) is 3.99.